The highest BCUT2D eigenvalue weighted by atomic mass is 16.1. The highest BCUT2D eigenvalue weighted by Crippen LogP contribution is 2.09. The monoisotopic (exact) mass is 309 g/mol. The van der Waals surface area contributed by atoms with Crippen molar-refractivity contribution in [2.45, 2.75) is 45.4 Å². The third-order valence-electron chi connectivity index (χ3n) is 3.34. The van der Waals surface area contributed by atoms with Crippen molar-refractivity contribution in [2.24, 2.45) is 4.99 Å². The molecule has 0 saturated carbocycles. The van der Waals surface area contributed by atoms with Gasteiger partial charge in [0.2, 0.25) is 0 Å². The van der Waals surface area contributed by atoms with Crippen molar-refractivity contribution in [1.82, 2.24) is 0 Å². The SMILES string of the molecule is C(=Nc1ccccc1)c1ccccc1.CCCCCCCC=O. The minimum Gasteiger partial charge on any atom is -0.303 e. The van der Waals surface area contributed by atoms with Gasteiger partial charge in [0.05, 0.1) is 5.69 Å². The Bertz CT molecular complexity index is 493. The van der Waals surface area contributed by atoms with Gasteiger partial charge in [0.1, 0.15) is 6.29 Å². The highest BCUT2D eigenvalue weighted by molar-refractivity contribution is 5.81. The van der Waals surface area contributed by atoms with Crippen LogP contribution in [0.1, 0.15) is 51.0 Å². The summed E-state index contributed by atoms with van der Waals surface area (Å²) in [7, 11) is 0. The molecule has 2 heteroatoms. The number of benzene rings is 2. The predicted octanol–water partition coefficient (Wildman–Crippen LogP) is 5.98. The molecule has 2 rings (SSSR count). The van der Waals surface area contributed by atoms with Crippen LogP contribution in [0.4, 0.5) is 5.69 Å². The second-order valence-corrected chi connectivity index (χ2v) is 5.37. The normalized spacial score (nSPS) is 10.1. The van der Waals surface area contributed by atoms with Crippen LogP contribution in [0.15, 0.2) is 65.7 Å². The molecule has 0 aliphatic carbocycles. The van der Waals surface area contributed by atoms with Gasteiger partial charge in [0, 0.05) is 12.6 Å². The molecule has 0 aromatic heterocycles. The van der Waals surface area contributed by atoms with E-state index in [1.54, 1.807) is 0 Å². The molecular weight excluding hydrogens is 282 g/mol. The van der Waals surface area contributed by atoms with Gasteiger partial charge in [-0.2, -0.15) is 0 Å². The average Bonchev–Trinajstić information content (AvgIpc) is 2.62. The number of aldehydes is 1. The molecule has 0 N–H and O–H groups in total. The summed E-state index contributed by atoms with van der Waals surface area (Å²) in [6.07, 6.45) is 9.84. The van der Waals surface area contributed by atoms with E-state index in [4.69, 9.17) is 0 Å². The smallest absolute Gasteiger partial charge is 0.119 e. The van der Waals surface area contributed by atoms with Crippen LogP contribution in [0.2, 0.25) is 0 Å². The maximum Gasteiger partial charge on any atom is 0.119 e. The second-order valence-electron chi connectivity index (χ2n) is 5.37. The molecule has 2 nitrogen and oxygen atoms in total. The third-order valence-corrected chi connectivity index (χ3v) is 3.34. The number of nitrogens with zero attached hydrogens (tertiary/aromatic N) is 1. The fourth-order valence-corrected chi connectivity index (χ4v) is 2.03. The molecule has 0 aliphatic heterocycles. The van der Waals surface area contributed by atoms with Gasteiger partial charge in [-0.25, -0.2) is 0 Å². The van der Waals surface area contributed by atoms with E-state index in [1.807, 2.05) is 66.9 Å². The molecular formula is C21H27NO. The Hall–Kier alpha value is -2.22. The Kier molecular flexibility index (Phi) is 11.0. The summed E-state index contributed by atoms with van der Waals surface area (Å²) < 4.78 is 0. The van der Waals surface area contributed by atoms with Crippen LogP contribution in [0, 0.1) is 0 Å². The van der Waals surface area contributed by atoms with Crippen LogP contribution in [-0.2, 0) is 4.79 Å². The molecule has 0 heterocycles. The lowest BCUT2D eigenvalue weighted by atomic mass is 10.1. The zero-order valence-corrected chi connectivity index (χ0v) is 14.0. The average molecular weight is 309 g/mol. The number of rotatable bonds is 8. The van der Waals surface area contributed by atoms with Crippen molar-refractivity contribution >= 4 is 18.2 Å². The first kappa shape index (κ1) is 18.8. The van der Waals surface area contributed by atoms with E-state index in [0.717, 1.165) is 30.4 Å². The summed E-state index contributed by atoms with van der Waals surface area (Å²) in [5.41, 5.74) is 2.10. The molecule has 23 heavy (non-hydrogen) atoms. The summed E-state index contributed by atoms with van der Waals surface area (Å²) in [6.45, 7) is 2.19. The first-order chi connectivity index (χ1) is 11.4. The fourth-order valence-electron chi connectivity index (χ4n) is 2.03. The fraction of sp³-hybridized carbons (Fsp3) is 0.333. The molecule has 2 aromatic carbocycles. The summed E-state index contributed by atoms with van der Waals surface area (Å²) in [6, 6.07) is 20.0. The van der Waals surface area contributed by atoms with Crippen molar-refractivity contribution in [2.75, 3.05) is 0 Å². The number of hydrogen-bond acceptors (Lipinski definition) is 2. The first-order valence-corrected chi connectivity index (χ1v) is 8.44. The van der Waals surface area contributed by atoms with Gasteiger partial charge in [0.15, 0.2) is 0 Å². The predicted molar refractivity (Wildman–Crippen MR) is 99.6 cm³/mol. The molecule has 0 unspecified atom stereocenters. The molecule has 0 spiro atoms. The van der Waals surface area contributed by atoms with Crippen LogP contribution in [-0.4, -0.2) is 12.5 Å². The molecule has 0 atom stereocenters. The maximum absolute atomic E-state index is 9.84. The van der Waals surface area contributed by atoms with Gasteiger partial charge in [-0.05, 0) is 24.1 Å². The van der Waals surface area contributed by atoms with E-state index in [0.29, 0.717) is 0 Å². The quantitative estimate of drug-likeness (QED) is 0.335. The van der Waals surface area contributed by atoms with Crippen LogP contribution in [0.25, 0.3) is 0 Å². The molecule has 122 valence electrons. The standard InChI is InChI=1S/C13H11N.C8H16O/c1-3-7-12(8-4-1)11-14-13-9-5-2-6-10-13;1-2-3-4-5-6-7-8-9/h1-11H;8H,2-7H2,1H3. The van der Waals surface area contributed by atoms with Gasteiger partial charge in [-0.3, -0.25) is 4.99 Å². The molecule has 0 bridgehead atoms. The van der Waals surface area contributed by atoms with E-state index in [2.05, 4.69) is 11.9 Å². The van der Waals surface area contributed by atoms with E-state index in [-0.39, 0.29) is 0 Å². The summed E-state index contributed by atoms with van der Waals surface area (Å²) in [5, 5.41) is 0. The molecule has 2 aromatic rings. The van der Waals surface area contributed by atoms with Crippen molar-refractivity contribution < 1.29 is 4.79 Å². The number of unbranched alkanes of at least 4 members (excludes halogenated alkanes) is 5. The molecule has 0 radical (unpaired) electrons. The Balaban J connectivity index is 0.000000257. The Morgan fingerprint density at radius 2 is 1.43 bits per heavy atom. The minimum atomic E-state index is 0.754. The van der Waals surface area contributed by atoms with E-state index < -0.39 is 0 Å². The lowest BCUT2D eigenvalue weighted by Crippen LogP contribution is -1.78. The largest absolute Gasteiger partial charge is 0.303 e. The van der Waals surface area contributed by atoms with Crippen LogP contribution >= 0.6 is 0 Å². The van der Waals surface area contributed by atoms with Gasteiger partial charge >= 0.3 is 0 Å². The van der Waals surface area contributed by atoms with Gasteiger partial charge in [0.25, 0.3) is 0 Å². The minimum absolute atomic E-state index is 0.754. The van der Waals surface area contributed by atoms with E-state index in [9.17, 15) is 4.79 Å². The Morgan fingerprint density at radius 3 is 2.04 bits per heavy atom. The van der Waals surface area contributed by atoms with Crippen LogP contribution in [0.5, 0.6) is 0 Å². The molecule has 0 aliphatic rings. The molecule has 0 fully saturated rings. The maximum atomic E-state index is 9.84. The van der Waals surface area contributed by atoms with Crippen LogP contribution in [0.3, 0.4) is 0 Å². The van der Waals surface area contributed by atoms with Crippen molar-refractivity contribution in [3.05, 3.63) is 66.2 Å². The van der Waals surface area contributed by atoms with E-state index in [1.165, 1.54) is 25.7 Å². The zero-order chi connectivity index (χ0) is 16.6. The number of para-hydroxylation sites is 1. The lowest BCUT2D eigenvalue weighted by molar-refractivity contribution is -0.107. The summed E-state index contributed by atoms with van der Waals surface area (Å²) in [5.74, 6) is 0. The molecule has 0 saturated heterocycles. The third kappa shape index (κ3) is 10.2. The number of hydrogen-bond donors (Lipinski definition) is 0. The van der Waals surface area contributed by atoms with Crippen molar-refractivity contribution in [3.8, 4) is 0 Å². The summed E-state index contributed by atoms with van der Waals surface area (Å²) >= 11 is 0. The molecule has 0 amide bonds. The zero-order valence-electron chi connectivity index (χ0n) is 14.0. The Labute approximate surface area is 140 Å². The van der Waals surface area contributed by atoms with E-state index >= 15 is 0 Å². The second kappa shape index (κ2) is 13.4. The number of carbonyl (C=O) groups is 1. The summed E-state index contributed by atoms with van der Waals surface area (Å²) in [4.78, 5) is 14.2. The van der Waals surface area contributed by atoms with Gasteiger partial charge in [-0.15, -0.1) is 0 Å². The van der Waals surface area contributed by atoms with Gasteiger partial charge in [-0.1, -0.05) is 81.1 Å². The van der Waals surface area contributed by atoms with Crippen molar-refractivity contribution in [3.63, 3.8) is 0 Å². The Morgan fingerprint density at radius 1 is 0.826 bits per heavy atom. The van der Waals surface area contributed by atoms with Crippen LogP contribution < -0.4 is 0 Å². The number of aliphatic imine (C=N–C) groups is 1. The van der Waals surface area contributed by atoms with Gasteiger partial charge < -0.3 is 4.79 Å². The first-order valence-electron chi connectivity index (χ1n) is 8.44. The lowest BCUT2D eigenvalue weighted by Gasteiger charge is -1.93. The highest BCUT2D eigenvalue weighted by Gasteiger charge is 1.86. The van der Waals surface area contributed by atoms with Crippen molar-refractivity contribution in [1.29, 1.82) is 0 Å². The topological polar surface area (TPSA) is 29.4 Å². The number of carbonyl (C=O) groups excluding carboxylic acids is 1.